The lowest BCUT2D eigenvalue weighted by molar-refractivity contribution is -0.143. The molecule has 10 nitrogen and oxygen atoms in total. The molecule has 13 heteroatoms. The number of aliphatic hydroxyl groups is 1. The second-order valence-electron chi connectivity index (χ2n) is 8.13. The highest BCUT2D eigenvalue weighted by atomic mass is 35.5. The number of carbonyl (C=O) groups is 2. The molecule has 0 atom stereocenters. The van der Waals surface area contributed by atoms with Gasteiger partial charge < -0.3 is 29.2 Å². The highest BCUT2D eigenvalue weighted by Gasteiger charge is 2.14. The number of aromatic hydroxyl groups is 1. The third-order valence-electron chi connectivity index (χ3n) is 5.22. The molecule has 0 aliphatic carbocycles. The Morgan fingerprint density at radius 3 is 1.75 bits per heavy atom. The Morgan fingerprint density at radius 1 is 0.775 bits per heavy atom. The van der Waals surface area contributed by atoms with Crippen LogP contribution in [0.25, 0.3) is 0 Å². The van der Waals surface area contributed by atoms with E-state index < -0.39 is 21.8 Å². The van der Waals surface area contributed by atoms with E-state index in [-0.39, 0.29) is 36.9 Å². The first-order valence-corrected chi connectivity index (χ1v) is 14.1. The van der Waals surface area contributed by atoms with Gasteiger partial charge in [0.15, 0.2) is 23.1 Å². The van der Waals surface area contributed by atoms with Gasteiger partial charge in [0.05, 0.1) is 25.7 Å². The van der Waals surface area contributed by atoms with E-state index in [1.807, 2.05) is 0 Å². The van der Waals surface area contributed by atoms with Gasteiger partial charge in [-0.15, -0.1) is 0 Å². The maximum absolute atomic E-state index is 11.7. The van der Waals surface area contributed by atoms with Gasteiger partial charge in [-0.1, -0.05) is 23.2 Å². The zero-order chi connectivity index (χ0) is 29.9. The number of methoxy groups -OCH3 is 2. The number of phenolic OH excluding ortho intramolecular Hbond substituents is 1. The third-order valence-corrected chi connectivity index (χ3v) is 6.80. The second kappa shape index (κ2) is 15.3. The van der Waals surface area contributed by atoms with Gasteiger partial charge in [0.25, 0.3) is 0 Å². The molecule has 0 amide bonds. The summed E-state index contributed by atoms with van der Waals surface area (Å²) in [6.45, 7) is -0.664. The number of phenols is 1. The van der Waals surface area contributed by atoms with Crippen LogP contribution in [0.1, 0.15) is 16.7 Å². The standard InChI is InChI=1S/C17H17ClO6S.C10H11ClO4/c1-23-17(20)10-24-16-6-3-13(18)8-12(16)7-11-9-14(25(2,21)22)4-5-15(11)19;1-14-10(13)6-15-9-3-2-8(11)4-7(9)5-12/h3-6,8-9,19H,7,10H2,1-2H3;2-4,12H,5-6H2,1H3. The molecule has 0 saturated carbocycles. The van der Waals surface area contributed by atoms with E-state index in [1.54, 1.807) is 36.4 Å². The molecule has 0 aliphatic rings. The Kier molecular flexibility index (Phi) is 12.5. The Labute approximate surface area is 241 Å². The van der Waals surface area contributed by atoms with Crippen molar-refractivity contribution in [3.05, 3.63) is 81.3 Å². The van der Waals surface area contributed by atoms with Gasteiger partial charge in [0, 0.05) is 33.8 Å². The fourth-order valence-corrected chi connectivity index (χ4v) is 4.23. The smallest absolute Gasteiger partial charge is 0.343 e. The number of hydrogen-bond donors (Lipinski definition) is 2. The van der Waals surface area contributed by atoms with Gasteiger partial charge in [-0.2, -0.15) is 0 Å². The number of rotatable bonds is 10. The molecule has 3 aromatic carbocycles. The van der Waals surface area contributed by atoms with Crippen molar-refractivity contribution in [2.45, 2.75) is 17.9 Å². The van der Waals surface area contributed by atoms with Crippen molar-refractivity contribution in [2.75, 3.05) is 33.7 Å². The topological polar surface area (TPSA) is 146 Å². The van der Waals surface area contributed by atoms with Gasteiger partial charge in [-0.05, 0) is 60.2 Å². The van der Waals surface area contributed by atoms with Gasteiger partial charge >= 0.3 is 11.9 Å². The van der Waals surface area contributed by atoms with E-state index in [0.717, 1.165) is 6.26 Å². The largest absolute Gasteiger partial charge is 0.508 e. The molecule has 40 heavy (non-hydrogen) atoms. The predicted octanol–water partition coefficient (Wildman–Crippen LogP) is 3.98. The van der Waals surface area contributed by atoms with E-state index in [1.165, 1.54) is 32.4 Å². The van der Waals surface area contributed by atoms with Crippen LogP contribution in [0, 0.1) is 0 Å². The van der Waals surface area contributed by atoms with Crippen LogP contribution in [-0.4, -0.2) is 64.3 Å². The zero-order valence-corrected chi connectivity index (χ0v) is 24.2. The fraction of sp³-hybridized carbons (Fsp3) is 0.259. The van der Waals surface area contributed by atoms with E-state index >= 15 is 0 Å². The molecule has 3 aromatic rings. The summed E-state index contributed by atoms with van der Waals surface area (Å²) < 4.78 is 42.9. The molecule has 216 valence electrons. The fourth-order valence-electron chi connectivity index (χ4n) is 3.17. The Morgan fingerprint density at radius 2 is 1.27 bits per heavy atom. The summed E-state index contributed by atoms with van der Waals surface area (Å²) in [5, 5.41) is 20.0. The highest BCUT2D eigenvalue weighted by molar-refractivity contribution is 7.90. The van der Waals surface area contributed by atoms with Crippen molar-refractivity contribution >= 4 is 45.0 Å². The number of ether oxygens (including phenoxy) is 4. The summed E-state index contributed by atoms with van der Waals surface area (Å²) in [6.07, 6.45) is 1.26. The monoisotopic (exact) mass is 614 g/mol. The molecule has 0 fully saturated rings. The Hall–Kier alpha value is -3.51. The maximum Gasteiger partial charge on any atom is 0.343 e. The molecule has 0 unspecified atom stereocenters. The minimum Gasteiger partial charge on any atom is -0.508 e. The van der Waals surface area contributed by atoms with Crippen molar-refractivity contribution < 1.29 is 47.2 Å². The van der Waals surface area contributed by atoms with Crippen LogP contribution in [-0.2, 0) is 41.9 Å². The van der Waals surface area contributed by atoms with E-state index in [9.17, 15) is 23.1 Å². The van der Waals surface area contributed by atoms with Gasteiger partial charge in [0.2, 0.25) is 0 Å². The SMILES string of the molecule is COC(=O)COc1ccc(Cl)cc1CO.COC(=O)COc1ccc(Cl)cc1Cc1cc(S(C)(=O)=O)ccc1O. The molecule has 0 saturated heterocycles. The Balaban J connectivity index is 0.000000319. The van der Waals surface area contributed by atoms with Crippen molar-refractivity contribution in [3.63, 3.8) is 0 Å². The van der Waals surface area contributed by atoms with Crippen LogP contribution >= 0.6 is 23.2 Å². The average molecular weight is 615 g/mol. The molecular weight excluding hydrogens is 587 g/mol. The van der Waals surface area contributed by atoms with Crippen molar-refractivity contribution in [1.82, 2.24) is 0 Å². The third kappa shape index (κ3) is 10.2. The lowest BCUT2D eigenvalue weighted by atomic mass is 10.0. The molecule has 0 aliphatic heterocycles. The average Bonchev–Trinajstić information content (AvgIpc) is 2.92. The molecule has 2 N–H and O–H groups in total. The number of carbonyl (C=O) groups excluding carboxylic acids is 2. The summed E-state index contributed by atoms with van der Waals surface area (Å²) >= 11 is 11.7. The molecule has 3 rings (SSSR count). The van der Waals surface area contributed by atoms with Crippen LogP contribution in [0.5, 0.6) is 17.2 Å². The summed E-state index contributed by atoms with van der Waals surface area (Å²) in [5.41, 5.74) is 1.52. The molecule has 0 bridgehead atoms. The first-order chi connectivity index (χ1) is 18.9. The van der Waals surface area contributed by atoms with Crippen molar-refractivity contribution in [1.29, 1.82) is 0 Å². The lowest BCUT2D eigenvalue weighted by Crippen LogP contribution is -2.13. The van der Waals surface area contributed by atoms with Gasteiger partial charge in [-0.3, -0.25) is 0 Å². The Bertz CT molecular complexity index is 1440. The summed E-state index contributed by atoms with van der Waals surface area (Å²) in [5.74, 6) is -0.255. The van der Waals surface area contributed by atoms with E-state index in [4.69, 9.17) is 37.8 Å². The number of sulfone groups is 1. The van der Waals surface area contributed by atoms with Crippen molar-refractivity contribution in [3.8, 4) is 17.2 Å². The van der Waals surface area contributed by atoms with Gasteiger partial charge in [-0.25, -0.2) is 18.0 Å². The minimum absolute atomic E-state index is 0.0497. The number of aliphatic hydroxyl groups excluding tert-OH is 1. The van der Waals surface area contributed by atoms with Gasteiger partial charge in [0.1, 0.15) is 17.2 Å². The molecule has 0 radical (unpaired) electrons. The van der Waals surface area contributed by atoms with Crippen molar-refractivity contribution in [2.24, 2.45) is 0 Å². The summed E-state index contributed by atoms with van der Waals surface area (Å²) in [6, 6.07) is 13.7. The number of benzene rings is 3. The normalized spacial score (nSPS) is 10.7. The summed E-state index contributed by atoms with van der Waals surface area (Å²) in [4.78, 5) is 22.2. The zero-order valence-electron chi connectivity index (χ0n) is 21.8. The molecule has 0 heterocycles. The number of halogens is 2. The number of hydrogen-bond acceptors (Lipinski definition) is 10. The lowest BCUT2D eigenvalue weighted by Gasteiger charge is -2.13. The number of esters is 2. The molecule has 0 aromatic heterocycles. The molecule has 0 spiro atoms. The van der Waals surface area contributed by atoms with E-state index in [2.05, 4.69) is 9.47 Å². The summed E-state index contributed by atoms with van der Waals surface area (Å²) in [7, 11) is -0.876. The first kappa shape index (κ1) is 32.7. The quantitative estimate of drug-likeness (QED) is 0.321. The van der Waals surface area contributed by atoms with Crippen LogP contribution in [0.4, 0.5) is 0 Å². The highest BCUT2D eigenvalue weighted by Crippen LogP contribution is 2.30. The first-order valence-electron chi connectivity index (χ1n) is 11.5. The predicted molar refractivity (Wildman–Crippen MR) is 148 cm³/mol. The minimum atomic E-state index is -3.41. The second-order valence-corrected chi connectivity index (χ2v) is 11.0. The molecular formula is C27H28Cl2O10S. The maximum atomic E-state index is 11.7. The van der Waals surface area contributed by atoms with Crippen LogP contribution in [0.2, 0.25) is 10.0 Å². The van der Waals surface area contributed by atoms with Crippen LogP contribution < -0.4 is 9.47 Å². The van der Waals surface area contributed by atoms with Crippen LogP contribution in [0.3, 0.4) is 0 Å². The van der Waals surface area contributed by atoms with E-state index in [0.29, 0.717) is 38.2 Å². The van der Waals surface area contributed by atoms with Crippen LogP contribution in [0.15, 0.2) is 59.5 Å².